The molecule has 0 spiro atoms. The summed E-state index contributed by atoms with van der Waals surface area (Å²) in [4.78, 5) is 26.0. The number of hydrogen-bond donors (Lipinski definition) is 0. The van der Waals surface area contributed by atoms with Gasteiger partial charge in [-0.05, 0) is 89.0 Å². The van der Waals surface area contributed by atoms with Gasteiger partial charge in [0.15, 0.2) is 17.5 Å². The molecule has 0 amide bonds. The fourth-order valence-corrected chi connectivity index (χ4v) is 10.0. The summed E-state index contributed by atoms with van der Waals surface area (Å²) < 4.78 is 10.6. The fraction of sp³-hybridized carbons (Fsp3) is 0. The molecule has 0 atom stereocenters. The van der Waals surface area contributed by atoms with Crippen molar-refractivity contribution in [3.05, 3.63) is 225 Å². The minimum Gasteiger partial charge on any atom is -0.456 e. The molecule has 0 N–H and O–H groups in total. The number of aromatic nitrogens is 7. The van der Waals surface area contributed by atoms with Crippen molar-refractivity contribution >= 4 is 65.6 Å². The molecule has 0 aliphatic carbocycles. The molecule has 0 saturated heterocycles. The Hall–Kier alpha value is -9.53. The number of fused-ring (bicyclic) bond motifs is 9. The van der Waals surface area contributed by atoms with Gasteiger partial charge in [0.25, 0.3) is 0 Å². The predicted molar refractivity (Wildman–Crippen MR) is 279 cm³/mol. The maximum absolute atomic E-state index is 6.15. The lowest BCUT2D eigenvalue weighted by Gasteiger charge is -2.12. The van der Waals surface area contributed by atoms with Crippen LogP contribution in [0.15, 0.2) is 229 Å². The van der Waals surface area contributed by atoms with Gasteiger partial charge in [0.1, 0.15) is 17.0 Å². The van der Waals surface area contributed by atoms with Crippen molar-refractivity contribution in [1.82, 2.24) is 34.1 Å². The van der Waals surface area contributed by atoms with Gasteiger partial charge in [-0.15, -0.1) is 0 Å². The SMILES string of the molecule is c1ccc(-c2cccc(-c3nc(-c4cccc(-c5ccccc5)c4)nc(-n4c5ccccc5c5cc6c(cc54)c4ccccc4n6-c4ccnc(-c5ccc6oc7ccccc7c6c5)n4)n3)c2)cc1. The molecule has 322 valence electrons. The third-order valence-corrected chi connectivity index (χ3v) is 13.3. The van der Waals surface area contributed by atoms with Gasteiger partial charge in [0.05, 0.1) is 22.1 Å². The number of furan rings is 1. The zero-order valence-electron chi connectivity index (χ0n) is 36.9. The van der Waals surface area contributed by atoms with Gasteiger partial charge in [0.2, 0.25) is 5.95 Å². The highest BCUT2D eigenvalue weighted by atomic mass is 16.3. The summed E-state index contributed by atoms with van der Waals surface area (Å²) >= 11 is 0. The van der Waals surface area contributed by atoms with Crippen LogP contribution in [0.25, 0.3) is 134 Å². The van der Waals surface area contributed by atoms with Gasteiger partial charge >= 0.3 is 0 Å². The van der Waals surface area contributed by atoms with Gasteiger partial charge in [-0.1, -0.05) is 152 Å². The molecule has 8 heteroatoms. The van der Waals surface area contributed by atoms with E-state index in [-0.39, 0.29) is 0 Å². The van der Waals surface area contributed by atoms with Crippen molar-refractivity contribution in [2.24, 2.45) is 0 Å². The second-order valence-corrected chi connectivity index (χ2v) is 17.3. The molecule has 14 rings (SSSR count). The van der Waals surface area contributed by atoms with Gasteiger partial charge in [-0.3, -0.25) is 9.13 Å². The van der Waals surface area contributed by atoms with Gasteiger partial charge in [-0.2, -0.15) is 9.97 Å². The molecule has 0 aliphatic rings. The second kappa shape index (κ2) is 15.5. The minimum atomic E-state index is 0.530. The maximum atomic E-state index is 6.15. The first-order valence-electron chi connectivity index (χ1n) is 23.0. The molecular formula is C61H37N7O. The molecule has 5 heterocycles. The first-order chi connectivity index (χ1) is 34.2. The normalized spacial score (nSPS) is 11.8. The number of nitrogens with zero attached hydrogens (tertiary/aromatic N) is 7. The first-order valence-corrected chi connectivity index (χ1v) is 23.0. The lowest BCUT2D eigenvalue weighted by Crippen LogP contribution is -2.06. The van der Waals surface area contributed by atoms with Crippen molar-refractivity contribution in [1.29, 1.82) is 0 Å². The second-order valence-electron chi connectivity index (χ2n) is 17.3. The molecule has 0 bridgehead atoms. The molecule has 0 radical (unpaired) electrons. The molecular weight excluding hydrogens is 847 g/mol. The molecule has 5 aromatic heterocycles. The number of hydrogen-bond acceptors (Lipinski definition) is 6. The molecule has 0 unspecified atom stereocenters. The van der Waals surface area contributed by atoms with Crippen LogP contribution in [0.4, 0.5) is 0 Å². The topological polar surface area (TPSA) is 87.5 Å². The average molecular weight is 884 g/mol. The summed E-state index contributed by atoms with van der Waals surface area (Å²) in [5.41, 5.74) is 12.9. The quantitative estimate of drug-likeness (QED) is 0.158. The Labute approximate surface area is 395 Å². The zero-order chi connectivity index (χ0) is 45.4. The zero-order valence-corrected chi connectivity index (χ0v) is 36.9. The van der Waals surface area contributed by atoms with E-state index >= 15 is 0 Å². The van der Waals surface area contributed by atoms with E-state index in [4.69, 9.17) is 29.3 Å². The average Bonchev–Trinajstić information content (AvgIpc) is 4.08. The van der Waals surface area contributed by atoms with Crippen LogP contribution in [0, 0.1) is 0 Å². The summed E-state index contributed by atoms with van der Waals surface area (Å²) in [5.74, 6) is 3.10. The lowest BCUT2D eigenvalue weighted by atomic mass is 10.0. The molecule has 14 aromatic rings. The summed E-state index contributed by atoms with van der Waals surface area (Å²) in [6.45, 7) is 0. The van der Waals surface area contributed by atoms with Crippen molar-refractivity contribution < 1.29 is 4.42 Å². The Morgan fingerprint density at radius 3 is 1.45 bits per heavy atom. The highest BCUT2D eigenvalue weighted by Gasteiger charge is 2.22. The third-order valence-electron chi connectivity index (χ3n) is 13.3. The van der Waals surface area contributed by atoms with Crippen molar-refractivity contribution in [2.45, 2.75) is 0 Å². The predicted octanol–water partition coefficient (Wildman–Crippen LogP) is 15.1. The molecule has 0 aliphatic heterocycles. The van der Waals surface area contributed by atoms with Crippen LogP contribution in [0.3, 0.4) is 0 Å². The molecule has 0 fully saturated rings. The van der Waals surface area contributed by atoms with E-state index in [1.165, 1.54) is 0 Å². The van der Waals surface area contributed by atoms with Crippen LogP contribution in [0.1, 0.15) is 0 Å². The summed E-state index contributed by atoms with van der Waals surface area (Å²) in [6.07, 6.45) is 1.85. The molecule has 0 saturated carbocycles. The van der Waals surface area contributed by atoms with E-state index in [1.807, 2.05) is 54.7 Å². The van der Waals surface area contributed by atoms with Crippen LogP contribution in [-0.4, -0.2) is 34.1 Å². The van der Waals surface area contributed by atoms with Gasteiger partial charge in [0, 0.05) is 55.2 Å². The van der Waals surface area contributed by atoms with E-state index in [0.29, 0.717) is 23.4 Å². The number of benzene rings is 9. The van der Waals surface area contributed by atoms with Gasteiger partial charge in [-0.25, -0.2) is 15.0 Å². The third kappa shape index (κ3) is 6.42. The standard InChI is InChI=1S/C61H37N7O/c1-3-15-38(16-4-1)40-19-13-21-42(33-40)59-64-60(43-22-14-20-41(34-43)39-17-5-2-6-18-39)66-61(65-59)68-52-27-11-8-24-46(52)49-36-53-48(37-54(49)68)45-23-7-10-26-51(45)67(53)57-31-32-62-58(63-57)44-29-30-56-50(35-44)47-25-9-12-28-55(47)69-56/h1-37H. The number of rotatable bonds is 7. The molecule has 8 nitrogen and oxygen atoms in total. The fourth-order valence-electron chi connectivity index (χ4n) is 10.0. The molecule has 9 aromatic carbocycles. The summed E-state index contributed by atoms with van der Waals surface area (Å²) in [6, 6.07) is 75.6. The molecule has 69 heavy (non-hydrogen) atoms. The lowest BCUT2D eigenvalue weighted by molar-refractivity contribution is 0.669. The minimum absolute atomic E-state index is 0.530. The van der Waals surface area contributed by atoms with Crippen molar-refractivity contribution in [3.63, 3.8) is 0 Å². The Morgan fingerprint density at radius 1 is 0.290 bits per heavy atom. The van der Waals surface area contributed by atoms with E-state index in [1.54, 1.807) is 0 Å². The van der Waals surface area contributed by atoms with Crippen molar-refractivity contribution in [3.8, 4) is 68.2 Å². The first kappa shape index (κ1) is 38.7. The van der Waals surface area contributed by atoms with Crippen LogP contribution in [-0.2, 0) is 0 Å². The largest absolute Gasteiger partial charge is 0.456 e. The monoisotopic (exact) mass is 883 g/mol. The van der Waals surface area contributed by atoms with Crippen LogP contribution in [0.5, 0.6) is 0 Å². The van der Waals surface area contributed by atoms with Gasteiger partial charge < -0.3 is 4.42 Å². The van der Waals surface area contributed by atoms with E-state index < -0.39 is 0 Å². The Bertz CT molecular complexity index is 4220. The Kier molecular flexibility index (Phi) is 8.72. The number of para-hydroxylation sites is 3. The van der Waals surface area contributed by atoms with Crippen LogP contribution < -0.4 is 0 Å². The van der Waals surface area contributed by atoms with Crippen LogP contribution in [0.2, 0.25) is 0 Å². The van der Waals surface area contributed by atoms with E-state index in [9.17, 15) is 0 Å². The summed E-state index contributed by atoms with van der Waals surface area (Å²) in [5, 5.41) is 6.42. The Balaban J connectivity index is 0.980. The Morgan fingerprint density at radius 2 is 0.797 bits per heavy atom. The smallest absolute Gasteiger partial charge is 0.238 e. The maximum Gasteiger partial charge on any atom is 0.238 e. The highest BCUT2D eigenvalue weighted by molar-refractivity contribution is 6.19. The van der Waals surface area contributed by atoms with Crippen LogP contribution >= 0.6 is 0 Å². The highest BCUT2D eigenvalue weighted by Crippen LogP contribution is 2.40. The van der Waals surface area contributed by atoms with E-state index in [2.05, 4.69) is 179 Å². The van der Waals surface area contributed by atoms with E-state index in [0.717, 1.165) is 110 Å². The van der Waals surface area contributed by atoms with Crippen molar-refractivity contribution in [2.75, 3.05) is 0 Å². The summed E-state index contributed by atoms with van der Waals surface area (Å²) in [7, 11) is 0.